The van der Waals surface area contributed by atoms with Crippen LogP contribution in [-0.4, -0.2) is 76.7 Å². The number of rotatable bonds is 8. The van der Waals surface area contributed by atoms with Gasteiger partial charge in [0.2, 0.25) is 0 Å². The van der Waals surface area contributed by atoms with Crippen LogP contribution in [0.2, 0.25) is 0 Å². The summed E-state index contributed by atoms with van der Waals surface area (Å²) in [5.74, 6) is 2.79. The summed E-state index contributed by atoms with van der Waals surface area (Å²) in [6.45, 7) is 11.1. The van der Waals surface area contributed by atoms with E-state index in [0.717, 1.165) is 68.9 Å². The fraction of sp³-hybridized carbons (Fsp3) is 0.650. The Morgan fingerprint density at radius 1 is 1.30 bits per heavy atom. The molecule has 7 nitrogen and oxygen atoms in total. The lowest BCUT2D eigenvalue weighted by atomic mass is 10.1. The van der Waals surface area contributed by atoms with Gasteiger partial charge in [-0.3, -0.25) is 9.39 Å². The summed E-state index contributed by atoms with van der Waals surface area (Å²) in [5, 5.41) is 12.0. The molecule has 1 aliphatic rings. The van der Waals surface area contributed by atoms with Crippen molar-refractivity contribution in [1.82, 2.24) is 29.7 Å². The molecule has 0 bridgehead atoms. The van der Waals surface area contributed by atoms with E-state index < -0.39 is 0 Å². The Labute approximate surface area is 162 Å². The summed E-state index contributed by atoms with van der Waals surface area (Å²) in [4.78, 5) is 9.42. The van der Waals surface area contributed by atoms with Gasteiger partial charge in [0, 0.05) is 45.8 Å². The first kappa shape index (κ1) is 19.6. The zero-order valence-electron chi connectivity index (χ0n) is 16.9. The van der Waals surface area contributed by atoms with Crippen LogP contribution in [0.5, 0.6) is 0 Å². The molecule has 3 rings (SSSR count). The molecule has 0 aromatic carbocycles. The van der Waals surface area contributed by atoms with E-state index in [1.165, 1.54) is 13.0 Å². The summed E-state index contributed by atoms with van der Waals surface area (Å²) in [6, 6.07) is 5.99. The maximum Gasteiger partial charge on any atom is 0.193 e. The van der Waals surface area contributed by atoms with Gasteiger partial charge >= 0.3 is 0 Å². The molecule has 3 heterocycles. The van der Waals surface area contributed by atoms with Crippen molar-refractivity contribution < 1.29 is 0 Å². The second-order valence-electron chi connectivity index (χ2n) is 7.21. The van der Waals surface area contributed by atoms with Crippen molar-refractivity contribution in [3.05, 3.63) is 30.2 Å². The average molecular weight is 372 g/mol. The number of fused-ring (bicyclic) bond motifs is 1. The van der Waals surface area contributed by atoms with Crippen LogP contribution in [0.3, 0.4) is 0 Å². The van der Waals surface area contributed by atoms with E-state index in [2.05, 4.69) is 48.6 Å². The van der Waals surface area contributed by atoms with E-state index in [-0.39, 0.29) is 0 Å². The van der Waals surface area contributed by atoms with Gasteiger partial charge in [-0.2, -0.15) is 0 Å². The van der Waals surface area contributed by atoms with Gasteiger partial charge in [-0.05, 0) is 44.0 Å². The summed E-state index contributed by atoms with van der Waals surface area (Å²) in [6.07, 6.45) is 5.19. The van der Waals surface area contributed by atoms with Gasteiger partial charge in [0.1, 0.15) is 5.82 Å². The number of guanidine groups is 1. The lowest BCUT2D eigenvalue weighted by molar-refractivity contribution is 0.255. The second-order valence-corrected chi connectivity index (χ2v) is 7.21. The molecule has 1 N–H and O–H groups in total. The summed E-state index contributed by atoms with van der Waals surface area (Å²) in [5.41, 5.74) is 0.910. The number of aromatic nitrogens is 3. The minimum absolute atomic E-state index is 0.741. The maximum absolute atomic E-state index is 4.49. The number of aryl methyl sites for hydroxylation is 1. The zero-order valence-corrected chi connectivity index (χ0v) is 16.9. The first-order valence-corrected chi connectivity index (χ1v) is 10.2. The highest BCUT2D eigenvalue weighted by atomic mass is 15.3. The lowest BCUT2D eigenvalue weighted by Crippen LogP contribution is -2.41. The van der Waals surface area contributed by atoms with Gasteiger partial charge in [-0.25, -0.2) is 0 Å². The van der Waals surface area contributed by atoms with Crippen molar-refractivity contribution in [1.29, 1.82) is 0 Å². The number of hydrogen-bond acceptors (Lipinski definition) is 4. The van der Waals surface area contributed by atoms with E-state index in [4.69, 9.17) is 0 Å². The second kappa shape index (κ2) is 9.69. The van der Waals surface area contributed by atoms with Crippen LogP contribution in [0, 0.1) is 5.92 Å². The molecule has 1 aliphatic heterocycles. The van der Waals surface area contributed by atoms with E-state index in [1.54, 1.807) is 0 Å². The Balaban J connectivity index is 1.43. The normalized spacial score (nSPS) is 18.0. The lowest BCUT2D eigenvalue weighted by Gasteiger charge is -2.24. The standard InChI is InChI=1S/C20H33N7/c1-4-25(5-2)15-17-11-14-26(16-17)20(21-3)22-12-8-10-19-24-23-18-9-6-7-13-27(18)19/h6-7,9,13,17H,4-5,8,10-12,14-16H2,1-3H3,(H,21,22). The fourth-order valence-corrected chi connectivity index (χ4v) is 3.86. The number of likely N-dealkylation sites (tertiary alicyclic amines) is 1. The number of nitrogens with one attached hydrogen (secondary N) is 1. The van der Waals surface area contributed by atoms with Gasteiger partial charge in [-0.1, -0.05) is 19.9 Å². The molecule has 0 radical (unpaired) electrons. The third-order valence-corrected chi connectivity index (χ3v) is 5.45. The molecule has 148 valence electrons. The van der Waals surface area contributed by atoms with Crippen molar-refractivity contribution in [2.75, 3.05) is 46.3 Å². The molecule has 7 heteroatoms. The molecule has 1 fully saturated rings. The largest absolute Gasteiger partial charge is 0.356 e. The van der Waals surface area contributed by atoms with Gasteiger partial charge in [-0.15, -0.1) is 10.2 Å². The molecular formula is C20H33N7. The molecule has 1 atom stereocenters. The van der Waals surface area contributed by atoms with Gasteiger partial charge in [0.25, 0.3) is 0 Å². The van der Waals surface area contributed by atoms with Crippen LogP contribution in [0.4, 0.5) is 0 Å². The number of hydrogen-bond donors (Lipinski definition) is 1. The zero-order chi connectivity index (χ0) is 19.1. The van der Waals surface area contributed by atoms with Crippen LogP contribution in [0.1, 0.15) is 32.5 Å². The van der Waals surface area contributed by atoms with E-state index in [1.807, 2.05) is 31.4 Å². The molecule has 2 aromatic rings. The average Bonchev–Trinajstić information content (AvgIpc) is 3.33. The van der Waals surface area contributed by atoms with Crippen molar-refractivity contribution >= 4 is 11.6 Å². The molecular weight excluding hydrogens is 338 g/mol. The molecule has 0 spiro atoms. The maximum atomic E-state index is 4.49. The Morgan fingerprint density at radius 2 is 2.15 bits per heavy atom. The topological polar surface area (TPSA) is 61.1 Å². The highest BCUT2D eigenvalue weighted by Gasteiger charge is 2.25. The summed E-state index contributed by atoms with van der Waals surface area (Å²) >= 11 is 0. The minimum atomic E-state index is 0.741. The van der Waals surface area contributed by atoms with Crippen LogP contribution in [-0.2, 0) is 6.42 Å². The Morgan fingerprint density at radius 3 is 2.93 bits per heavy atom. The number of pyridine rings is 1. The summed E-state index contributed by atoms with van der Waals surface area (Å²) < 4.78 is 2.06. The molecule has 0 amide bonds. The predicted molar refractivity (Wildman–Crippen MR) is 110 cm³/mol. The third-order valence-electron chi connectivity index (χ3n) is 5.45. The van der Waals surface area contributed by atoms with Crippen LogP contribution in [0.25, 0.3) is 5.65 Å². The van der Waals surface area contributed by atoms with Crippen molar-refractivity contribution in [2.45, 2.75) is 33.1 Å². The highest BCUT2D eigenvalue weighted by Crippen LogP contribution is 2.17. The third kappa shape index (κ3) is 4.97. The Hall–Kier alpha value is -2.15. The molecule has 1 saturated heterocycles. The SMILES string of the molecule is CCN(CC)CC1CCN(C(=NC)NCCCc2nnc3ccccn23)C1. The monoisotopic (exact) mass is 371 g/mol. The van der Waals surface area contributed by atoms with Gasteiger partial charge in [0.05, 0.1) is 0 Å². The van der Waals surface area contributed by atoms with Crippen LogP contribution >= 0.6 is 0 Å². The van der Waals surface area contributed by atoms with Crippen LogP contribution < -0.4 is 5.32 Å². The van der Waals surface area contributed by atoms with Crippen molar-refractivity contribution in [3.63, 3.8) is 0 Å². The first-order chi connectivity index (χ1) is 13.2. The number of nitrogens with zero attached hydrogens (tertiary/aromatic N) is 6. The highest BCUT2D eigenvalue weighted by molar-refractivity contribution is 5.80. The van der Waals surface area contributed by atoms with Gasteiger partial charge in [0.15, 0.2) is 11.6 Å². The smallest absolute Gasteiger partial charge is 0.193 e. The Kier molecular flexibility index (Phi) is 7.04. The quantitative estimate of drug-likeness (QED) is 0.436. The fourth-order valence-electron chi connectivity index (χ4n) is 3.86. The molecule has 0 aliphatic carbocycles. The molecule has 0 saturated carbocycles. The van der Waals surface area contributed by atoms with Crippen molar-refractivity contribution in [3.8, 4) is 0 Å². The number of aliphatic imine (C=N–C) groups is 1. The van der Waals surface area contributed by atoms with Gasteiger partial charge < -0.3 is 15.1 Å². The van der Waals surface area contributed by atoms with Crippen LogP contribution in [0.15, 0.2) is 29.4 Å². The van der Waals surface area contributed by atoms with E-state index in [0.29, 0.717) is 0 Å². The minimum Gasteiger partial charge on any atom is -0.356 e. The molecule has 27 heavy (non-hydrogen) atoms. The first-order valence-electron chi connectivity index (χ1n) is 10.2. The van der Waals surface area contributed by atoms with E-state index in [9.17, 15) is 0 Å². The Bertz CT molecular complexity index is 735. The molecule has 2 aromatic heterocycles. The molecule has 1 unspecified atom stereocenters. The summed E-state index contributed by atoms with van der Waals surface area (Å²) in [7, 11) is 1.88. The van der Waals surface area contributed by atoms with E-state index >= 15 is 0 Å². The predicted octanol–water partition coefficient (Wildman–Crippen LogP) is 1.90. The van der Waals surface area contributed by atoms with Crippen molar-refractivity contribution in [2.24, 2.45) is 10.9 Å².